The van der Waals surface area contributed by atoms with E-state index in [0.29, 0.717) is 10.8 Å². The summed E-state index contributed by atoms with van der Waals surface area (Å²) in [4.78, 5) is 0. The van der Waals surface area contributed by atoms with Crippen molar-refractivity contribution in [3.8, 4) is 0 Å². The topological polar surface area (TPSA) is 0 Å². The molecule has 0 aliphatic carbocycles. The molecular weight excluding hydrogens is 242 g/mol. The Labute approximate surface area is 82.7 Å². The average Bonchev–Trinajstić information content (AvgIpc) is 1.55. The summed E-state index contributed by atoms with van der Waals surface area (Å²) in [6.07, 6.45) is 0. The minimum absolute atomic E-state index is 0.110. The van der Waals surface area contributed by atoms with E-state index in [-0.39, 0.29) is 21.6 Å². The summed E-state index contributed by atoms with van der Waals surface area (Å²) < 4.78 is 3.00. The van der Waals surface area contributed by atoms with Gasteiger partial charge in [-0.2, -0.15) is 0 Å². The molecule has 67 valence electrons. The molecule has 0 aromatic heterocycles. The molecule has 11 heavy (non-hydrogen) atoms. The fraction of sp³-hybridized carbons (Fsp3) is 1.00. The van der Waals surface area contributed by atoms with Gasteiger partial charge in [0.15, 0.2) is 0 Å². The first-order valence-corrected chi connectivity index (χ1v) is 7.95. The summed E-state index contributed by atoms with van der Waals surface area (Å²) >= 11 is 0.110. The third-order valence-corrected chi connectivity index (χ3v) is 7.86. The molecule has 0 amide bonds. The number of hydrogen-bond acceptors (Lipinski definition) is 0. The van der Waals surface area contributed by atoms with Crippen LogP contribution in [0, 0.1) is 10.8 Å². The molecule has 0 rings (SSSR count). The molecule has 0 spiro atoms. The quantitative estimate of drug-likeness (QED) is 0.668. The molecule has 0 aliphatic heterocycles. The number of rotatable bonds is 2. The molecule has 1 heteroatoms. The summed E-state index contributed by atoms with van der Waals surface area (Å²) in [7, 11) is 0. The molecule has 0 N–H and O–H groups in total. The third kappa shape index (κ3) is 10.8. The number of hydrogen-bond donors (Lipinski definition) is 0. The van der Waals surface area contributed by atoms with E-state index in [1.807, 2.05) is 0 Å². The molecule has 0 unspecified atom stereocenters. The predicted octanol–water partition coefficient (Wildman–Crippen LogP) is 3.62. The van der Waals surface area contributed by atoms with Crippen LogP contribution in [0.25, 0.3) is 0 Å². The van der Waals surface area contributed by atoms with Crippen LogP contribution in [0.15, 0.2) is 0 Å². The van der Waals surface area contributed by atoms with E-state index >= 15 is 0 Å². The zero-order chi connectivity index (χ0) is 9.12. The van der Waals surface area contributed by atoms with Gasteiger partial charge in [0.25, 0.3) is 0 Å². The fourth-order valence-corrected chi connectivity index (χ4v) is 4.87. The van der Waals surface area contributed by atoms with Gasteiger partial charge in [-0.05, 0) is 0 Å². The molecule has 0 bridgehead atoms. The van der Waals surface area contributed by atoms with Gasteiger partial charge in [-0.3, -0.25) is 0 Å². The molecule has 0 aromatic rings. The van der Waals surface area contributed by atoms with Gasteiger partial charge in [-0.1, -0.05) is 0 Å². The van der Waals surface area contributed by atoms with Crippen molar-refractivity contribution in [3.05, 3.63) is 0 Å². The third-order valence-electron chi connectivity index (χ3n) is 1.17. The Kier molecular flexibility index (Phi) is 4.48. The Morgan fingerprint density at radius 2 is 1.00 bits per heavy atom. The van der Waals surface area contributed by atoms with Crippen molar-refractivity contribution in [2.45, 2.75) is 50.3 Å². The van der Waals surface area contributed by atoms with Crippen LogP contribution in [-0.2, 0) is 0 Å². The molecule has 0 nitrogen and oxygen atoms in total. The van der Waals surface area contributed by atoms with Crippen LogP contribution in [0.3, 0.4) is 0 Å². The maximum absolute atomic E-state index is 2.35. The average molecular weight is 264 g/mol. The van der Waals surface area contributed by atoms with Crippen molar-refractivity contribution < 1.29 is 0 Å². The van der Waals surface area contributed by atoms with Crippen LogP contribution < -0.4 is 0 Å². The van der Waals surface area contributed by atoms with Gasteiger partial charge in [-0.15, -0.1) is 0 Å². The van der Waals surface area contributed by atoms with E-state index in [0.717, 1.165) is 0 Å². The zero-order valence-corrected chi connectivity index (χ0v) is 11.4. The summed E-state index contributed by atoms with van der Waals surface area (Å²) in [6.45, 7) is 14.1. The summed E-state index contributed by atoms with van der Waals surface area (Å²) in [5, 5.41) is 0. The normalized spacial score (nSPS) is 13.6. The monoisotopic (exact) mass is 263 g/mol. The molecule has 0 atom stereocenters. The molecule has 0 aromatic carbocycles. The molecule has 1 radical (unpaired) electrons. The summed E-state index contributed by atoms with van der Waals surface area (Å²) in [5.74, 6) is 0. The van der Waals surface area contributed by atoms with Crippen LogP contribution in [0.1, 0.15) is 41.5 Å². The van der Waals surface area contributed by atoms with E-state index in [9.17, 15) is 0 Å². The van der Waals surface area contributed by atoms with E-state index in [1.165, 1.54) is 8.73 Å². The fourth-order valence-electron chi connectivity index (χ4n) is 0.727. The van der Waals surface area contributed by atoms with Crippen LogP contribution >= 0.6 is 0 Å². The Morgan fingerprint density at radius 1 is 0.727 bits per heavy atom. The van der Waals surface area contributed by atoms with Gasteiger partial charge in [0.05, 0.1) is 0 Å². The molecule has 0 fully saturated rings. The van der Waals surface area contributed by atoms with Crippen molar-refractivity contribution in [1.29, 1.82) is 0 Å². The van der Waals surface area contributed by atoms with E-state index < -0.39 is 0 Å². The second kappa shape index (κ2) is 4.17. The Bertz CT molecular complexity index is 89.0. The van der Waals surface area contributed by atoms with Gasteiger partial charge in [0.2, 0.25) is 0 Å². The van der Waals surface area contributed by atoms with Crippen molar-refractivity contribution in [2.24, 2.45) is 10.8 Å². The van der Waals surface area contributed by atoms with Gasteiger partial charge < -0.3 is 0 Å². The van der Waals surface area contributed by atoms with E-state index in [2.05, 4.69) is 41.5 Å². The Hall–Kier alpha value is 0.818. The van der Waals surface area contributed by atoms with Gasteiger partial charge in [-0.25, -0.2) is 0 Å². The van der Waals surface area contributed by atoms with Gasteiger partial charge in [0.1, 0.15) is 0 Å². The van der Waals surface area contributed by atoms with Crippen molar-refractivity contribution in [1.82, 2.24) is 0 Å². The molecule has 0 aliphatic rings. The van der Waals surface area contributed by atoms with Crippen molar-refractivity contribution in [3.63, 3.8) is 0 Å². The van der Waals surface area contributed by atoms with E-state index in [4.69, 9.17) is 0 Å². The minimum atomic E-state index is 0.110. The molecule has 0 saturated carbocycles. The zero-order valence-electron chi connectivity index (χ0n) is 8.86. The molecular formula is C10H22Sb. The molecule has 0 heterocycles. The summed E-state index contributed by atoms with van der Waals surface area (Å²) in [6, 6.07) is 0. The maximum atomic E-state index is 2.35. The van der Waals surface area contributed by atoms with Crippen LogP contribution in [0.5, 0.6) is 0 Å². The van der Waals surface area contributed by atoms with Gasteiger partial charge in [0, 0.05) is 0 Å². The van der Waals surface area contributed by atoms with E-state index in [1.54, 1.807) is 0 Å². The summed E-state index contributed by atoms with van der Waals surface area (Å²) in [5.41, 5.74) is 1.17. The first-order valence-electron chi connectivity index (χ1n) is 4.34. The molecule has 0 saturated heterocycles. The second-order valence-corrected chi connectivity index (χ2v) is 8.74. The predicted molar refractivity (Wildman–Crippen MR) is 54.3 cm³/mol. The van der Waals surface area contributed by atoms with Crippen molar-refractivity contribution >= 4 is 21.6 Å². The van der Waals surface area contributed by atoms with Crippen molar-refractivity contribution in [2.75, 3.05) is 0 Å². The van der Waals surface area contributed by atoms with Crippen LogP contribution in [0.4, 0.5) is 0 Å². The first-order chi connectivity index (χ1) is 4.71. The standard InChI is InChI=1S/2C5H11.Sb/c2*1-5(2,3)4;/h2*1H2,2-4H3;. The first kappa shape index (κ1) is 11.8. The van der Waals surface area contributed by atoms with Gasteiger partial charge >= 0.3 is 82.7 Å². The Balaban J connectivity index is 3.44. The SMILES string of the molecule is CC(C)(C)[CH2][Sb][CH2]C(C)(C)C. The Morgan fingerprint density at radius 3 is 1.18 bits per heavy atom. The van der Waals surface area contributed by atoms with Crippen LogP contribution in [0.2, 0.25) is 8.73 Å². The second-order valence-electron chi connectivity index (χ2n) is 5.66. The van der Waals surface area contributed by atoms with Crippen LogP contribution in [-0.4, -0.2) is 21.6 Å².